The zero-order chi connectivity index (χ0) is 33.4. The van der Waals surface area contributed by atoms with Gasteiger partial charge in [0.25, 0.3) is 11.7 Å². The van der Waals surface area contributed by atoms with Crippen molar-refractivity contribution in [3.8, 4) is 5.75 Å². The molecule has 0 bridgehead atoms. The van der Waals surface area contributed by atoms with Gasteiger partial charge in [-0.15, -0.1) is 20.5 Å². The van der Waals surface area contributed by atoms with Crippen LogP contribution in [0.1, 0.15) is 11.1 Å². The molecule has 0 atom stereocenters. The van der Waals surface area contributed by atoms with Crippen LogP contribution in [0.25, 0.3) is 0 Å². The number of anilines is 4. The van der Waals surface area contributed by atoms with Gasteiger partial charge in [0, 0.05) is 5.02 Å². The van der Waals surface area contributed by atoms with E-state index in [1.54, 1.807) is 7.11 Å². The van der Waals surface area contributed by atoms with E-state index in [1.807, 2.05) is 172 Å². The van der Waals surface area contributed by atoms with Crippen LogP contribution in [0, 0.1) is 0 Å². The number of ether oxygens (including phenoxy) is 1. The highest BCUT2D eigenvalue weighted by molar-refractivity contribution is 6.30. The van der Waals surface area contributed by atoms with Crippen molar-refractivity contribution in [1.82, 2.24) is 0 Å². The summed E-state index contributed by atoms with van der Waals surface area (Å²) in [6.45, 7) is 0. The number of hydrogen-bond acceptors (Lipinski definition) is 7. The monoisotopic (exact) mass is 736 g/mol. The van der Waals surface area contributed by atoms with E-state index in [0.29, 0.717) is 0 Å². The number of nitrogens with zero attached hydrogens (tertiary/aromatic N) is 6. The molecule has 9 nitrogen and oxygen atoms in total. The Kier molecular flexibility index (Phi) is 12.5. The van der Waals surface area contributed by atoms with Gasteiger partial charge in [-0.3, -0.25) is 0 Å². The molecule has 0 saturated heterocycles. The number of quaternary nitrogens is 2. The minimum atomic E-state index is 0. The summed E-state index contributed by atoms with van der Waals surface area (Å²) in [5, 5.41) is 18.2. The number of hydrogen-bond donors (Lipinski definition) is 2. The average molecular weight is 738 g/mol. The highest BCUT2D eigenvalue weighted by Gasteiger charge is 2.32. The lowest BCUT2D eigenvalue weighted by molar-refractivity contribution is -0.545. The van der Waals surface area contributed by atoms with Gasteiger partial charge in [0.05, 0.1) is 29.6 Å². The maximum Gasteiger partial charge on any atom is 0.277 e. The van der Waals surface area contributed by atoms with Gasteiger partial charge in [-0.1, -0.05) is 94.6 Å². The first-order valence-electron chi connectivity index (χ1n) is 15.8. The molecule has 6 aromatic carbocycles. The van der Waals surface area contributed by atoms with Gasteiger partial charge in [0.1, 0.15) is 17.1 Å². The molecule has 0 saturated carbocycles. The van der Waals surface area contributed by atoms with E-state index in [2.05, 4.69) is 29.4 Å². The van der Waals surface area contributed by atoms with Gasteiger partial charge in [0.15, 0.2) is 0 Å². The van der Waals surface area contributed by atoms with Crippen molar-refractivity contribution in [3.05, 3.63) is 186 Å². The van der Waals surface area contributed by atoms with Gasteiger partial charge in [0.2, 0.25) is 0 Å². The molecule has 2 heterocycles. The Morgan fingerprint density at radius 1 is 0.451 bits per heavy atom. The Morgan fingerprint density at radius 3 is 1.14 bits per heavy atom. The first-order valence-corrected chi connectivity index (χ1v) is 16.2. The number of nitrogens with two attached hydrogens (primary N) is 2. The number of methoxy groups -OCH3 is 1. The third-order valence-electron chi connectivity index (χ3n) is 7.84. The second kappa shape index (κ2) is 17.4. The lowest BCUT2D eigenvalue weighted by Gasteiger charge is -2.23. The molecular formula is C39H35Cl3N8O. The normalized spacial score (nSPS) is 13.3. The van der Waals surface area contributed by atoms with E-state index >= 15 is 0 Å². The summed E-state index contributed by atoms with van der Waals surface area (Å²) in [6, 6.07) is 56.2. The highest BCUT2D eigenvalue weighted by Crippen LogP contribution is 2.24. The second-order valence-electron chi connectivity index (χ2n) is 11.1. The fraction of sp³-hybridized carbons (Fsp3) is 0.0256. The smallest absolute Gasteiger partial charge is 0.277 e. The number of amidine groups is 2. The molecule has 0 aromatic heterocycles. The maximum absolute atomic E-state index is 6.00. The predicted octanol–water partition coefficient (Wildman–Crippen LogP) is 0.207. The number of hydrazine groups is 2. The van der Waals surface area contributed by atoms with Gasteiger partial charge >= 0.3 is 0 Å². The van der Waals surface area contributed by atoms with E-state index in [0.717, 1.165) is 56.3 Å². The lowest BCUT2D eigenvalue weighted by atomic mass is 10.2. The van der Waals surface area contributed by atoms with Crippen molar-refractivity contribution >= 4 is 46.0 Å². The summed E-state index contributed by atoms with van der Waals surface area (Å²) in [6.07, 6.45) is 0. The van der Waals surface area contributed by atoms with Gasteiger partial charge in [-0.25, -0.2) is 0 Å². The molecule has 6 aromatic rings. The van der Waals surface area contributed by atoms with Crippen molar-refractivity contribution in [3.63, 3.8) is 0 Å². The SMILES string of the molecule is COc1ccc(C2=NN(c3ccccc3)N(c3ccccc3)[NH2+]2)cc1.Clc1ccc(C2=NN(c3ccccc3)N(c3ccccc3)[NH2+]2)cc1.[Cl-].[Cl-]. The quantitative estimate of drug-likeness (QED) is 0.229. The third kappa shape index (κ3) is 8.61. The van der Waals surface area contributed by atoms with Gasteiger partial charge in [-0.05, 0) is 97.1 Å². The first-order chi connectivity index (χ1) is 24.2. The number of halogens is 3. The zero-order valence-corrected chi connectivity index (χ0v) is 29.8. The zero-order valence-electron chi connectivity index (χ0n) is 27.5. The molecule has 258 valence electrons. The molecule has 0 radical (unpaired) electrons. The van der Waals surface area contributed by atoms with Crippen LogP contribution in [0.4, 0.5) is 22.7 Å². The molecule has 12 heteroatoms. The fourth-order valence-electron chi connectivity index (χ4n) is 5.36. The molecule has 2 aliphatic rings. The molecule has 2 aliphatic heterocycles. The van der Waals surface area contributed by atoms with Crippen LogP contribution in [0.2, 0.25) is 5.02 Å². The number of rotatable bonds is 7. The summed E-state index contributed by atoms with van der Waals surface area (Å²) in [5.41, 5.74) is 10.3. The van der Waals surface area contributed by atoms with Crippen LogP contribution in [0.15, 0.2) is 180 Å². The molecule has 51 heavy (non-hydrogen) atoms. The van der Waals surface area contributed by atoms with Crippen LogP contribution in [-0.4, -0.2) is 18.8 Å². The molecule has 4 N–H and O–H groups in total. The summed E-state index contributed by atoms with van der Waals surface area (Å²) in [4.78, 5) is 0. The molecular weight excluding hydrogens is 703 g/mol. The number of benzene rings is 6. The van der Waals surface area contributed by atoms with Gasteiger partial charge in [-0.2, -0.15) is 10.9 Å². The Labute approximate surface area is 314 Å². The topological polar surface area (TPSA) is 80.1 Å². The van der Waals surface area contributed by atoms with Gasteiger partial charge < -0.3 is 29.6 Å². The summed E-state index contributed by atoms with van der Waals surface area (Å²) < 4.78 is 5.24. The summed E-state index contributed by atoms with van der Waals surface area (Å²) >= 11 is 6.00. The molecule has 0 unspecified atom stereocenters. The van der Waals surface area contributed by atoms with E-state index in [1.165, 1.54) is 0 Å². The molecule has 0 amide bonds. The van der Waals surface area contributed by atoms with E-state index in [-0.39, 0.29) is 24.8 Å². The number of hydrazone groups is 2. The molecule has 0 fully saturated rings. The Bertz CT molecular complexity index is 2020. The molecule has 0 spiro atoms. The predicted molar refractivity (Wildman–Crippen MR) is 197 cm³/mol. The van der Waals surface area contributed by atoms with Crippen molar-refractivity contribution in [2.45, 2.75) is 0 Å². The Hall–Kier alpha value is -5.55. The first kappa shape index (κ1) is 36.7. The van der Waals surface area contributed by atoms with E-state index in [4.69, 9.17) is 26.5 Å². The number of para-hydroxylation sites is 4. The summed E-state index contributed by atoms with van der Waals surface area (Å²) in [5.74, 6) is 2.62. The van der Waals surface area contributed by atoms with Crippen molar-refractivity contribution in [2.75, 3.05) is 27.6 Å². The molecule has 0 aliphatic carbocycles. The minimum Gasteiger partial charge on any atom is -1.00 e. The second-order valence-corrected chi connectivity index (χ2v) is 11.5. The third-order valence-corrected chi connectivity index (χ3v) is 8.10. The van der Waals surface area contributed by atoms with Crippen molar-refractivity contribution < 1.29 is 40.4 Å². The fourth-order valence-corrected chi connectivity index (χ4v) is 5.48. The van der Waals surface area contributed by atoms with Crippen molar-refractivity contribution in [1.29, 1.82) is 0 Å². The van der Waals surface area contributed by atoms with Crippen LogP contribution in [0.3, 0.4) is 0 Å². The van der Waals surface area contributed by atoms with Crippen LogP contribution < -0.4 is 60.9 Å². The maximum atomic E-state index is 6.00. The Morgan fingerprint density at radius 2 is 0.784 bits per heavy atom. The largest absolute Gasteiger partial charge is 1.00 e. The van der Waals surface area contributed by atoms with Crippen LogP contribution in [0.5, 0.6) is 5.75 Å². The highest BCUT2D eigenvalue weighted by atomic mass is 35.5. The Balaban J connectivity index is 0.000000190. The average Bonchev–Trinajstić information content (AvgIpc) is 3.83. The summed E-state index contributed by atoms with van der Waals surface area (Å²) in [7, 11) is 1.67. The van der Waals surface area contributed by atoms with E-state index in [9.17, 15) is 0 Å². The van der Waals surface area contributed by atoms with Crippen LogP contribution in [-0.2, 0) is 0 Å². The molecule has 8 rings (SSSR count). The van der Waals surface area contributed by atoms with Crippen molar-refractivity contribution in [2.24, 2.45) is 10.2 Å². The lowest BCUT2D eigenvalue weighted by Crippen LogP contribution is -3.00. The minimum absolute atomic E-state index is 0. The van der Waals surface area contributed by atoms with E-state index < -0.39 is 0 Å². The van der Waals surface area contributed by atoms with Crippen LogP contribution >= 0.6 is 11.6 Å². The standard InChI is InChI=1S/C20H18N4O.C19H15ClN4.2ClH/c1-25-19-14-12-16(13-15-19)20-21-23(17-8-4-2-5-9-17)24(22-20)18-10-6-3-7-11-18;20-16-13-11-15(12-14-16)19-21-23(17-7-3-1-4-8-17)24(22-19)18-9-5-2-6-10-18;;/h2-15H,1H3,(H,21,22);1-14H,(H,21,22);2*1H.